The lowest BCUT2D eigenvalue weighted by atomic mass is 10.3. The maximum Gasteiger partial charge on any atom is 0.335 e. The van der Waals surface area contributed by atoms with Gasteiger partial charge in [-0.1, -0.05) is 15.9 Å². The van der Waals surface area contributed by atoms with Crippen LogP contribution in [0.5, 0.6) is 0 Å². The highest BCUT2D eigenvalue weighted by molar-refractivity contribution is 9.11. The molecule has 0 saturated heterocycles. The van der Waals surface area contributed by atoms with Gasteiger partial charge in [0.05, 0.1) is 5.57 Å². The summed E-state index contributed by atoms with van der Waals surface area (Å²) in [7, 11) is 0. The molecule has 0 aliphatic rings. The van der Waals surface area contributed by atoms with Crippen molar-refractivity contribution in [3.63, 3.8) is 0 Å². The van der Waals surface area contributed by atoms with Crippen molar-refractivity contribution >= 4 is 27.9 Å². The molecule has 11 heavy (non-hydrogen) atoms. The van der Waals surface area contributed by atoms with Gasteiger partial charge in [0.25, 0.3) is 0 Å². The van der Waals surface area contributed by atoms with E-state index in [2.05, 4.69) is 20.7 Å². The normalized spacial score (nSPS) is 10.9. The standard InChI is InChI=1S/C6H7BrO4/c1-4(8)11-3-5(2-7)6(9)10/h2H,3H2,1H3,(H,9,10). The first-order valence-electron chi connectivity index (χ1n) is 2.74. The molecule has 0 atom stereocenters. The summed E-state index contributed by atoms with van der Waals surface area (Å²) in [6.45, 7) is 1.00. The maximum atomic E-state index is 10.3. The zero-order valence-corrected chi connectivity index (χ0v) is 7.42. The van der Waals surface area contributed by atoms with E-state index in [4.69, 9.17) is 5.11 Å². The van der Waals surface area contributed by atoms with E-state index in [0.29, 0.717) is 0 Å². The number of hydrogen-bond donors (Lipinski definition) is 1. The number of carboxylic acid groups (broad SMARTS) is 1. The van der Waals surface area contributed by atoms with Crippen molar-refractivity contribution in [2.45, 2.75) is 6.92 Å². The fourth-order valence-electron chi connectivity index (χ4n) is 0.319. The van der Waals surface area contributed by atoms with Crippen LogP contribution in [0.3, 0.4) is 0 Å². The second kappa shape index (κ2) is 4.90. The minimum atomic E-state index is -1.11. The Hall–Kier alpha value is -0.840. The van der Waals surface area contributed by atoms with Gasteiger partial charge in [-0.25, -0.2) is 4.79 Å². The van der Waals surface area contributed by atoms with Gasteiger partial charge in [0.2, 0.25) is 0 Å². The molecule has 0 radical (unpaired) electrons. The highest BCUT2D eigenvalue weighted by Crippen LogP contribution is 1.99. The number of esters is 1. The van der Waals surface area contributed by atoms with Gasteiger partial charge in [-0.05, 0) is 4.99 Å². The molecule has 0 aromatic carbocycles. The molecular weight excluding hydrogens is 216 g/mol. The van der Waals surface area contributed by atoms with Crippen molar-refractivity contribution in [1.82, 2.24) is 0 Å². The van der Waals surface area contributed by atoms with Gasteiger partial charge in [0, 0.05) is 6.92 Å². The molecule has 0 aromatic rings. The Kier molecular flexibility index (Phi) is 4.52. The molecule has 4 nitrogen and oxygen atoms in total. The quantitative estimate of drug-likeness (QED) is 0.570. The molecular formula is C6H7BrO4. The summed E-state index contributed by atoms with van der Waals surface area (Å²) in [6.07, 6.45) is 0. The monoisotopic (exact) mass is 222 g/mol. The predicted octanol–water partition coefficient (Wildman–Crippen LogP) is 0.913. The van der Waals surface area contributed by atoms with Gasteiger partial charge >= 0.3 is 11.9 Å². The van der Waals surface area contributed by atoms with Gasteiger partial charge in [-0.3, -0.25) is 4.79 Å². The van der Waals surface area contributed by atoms with Crippen molar-refractivity contribution in [1.29, 1.82) is 0 Å². The number of carbonyl (C=O) groups excluding carboxylic acids is 1. The molecule has 0 aliphatic heterocycles. The lowest BCUT2D eigenvalue weighted by Gasteiger charge is -2.00. The lowest BCUT2D eigenvalue weighted by Crippen LogP contribution is -2.09. The number of rotatable bonds is 3. The van der Waals surface area contributed by atoms with Crippen LogP contribution in [0.4, 0.5) is 0 Å². The molecule has 62 valence electrons. The minimum Gasteiger partial charge on any atom is -0.478 e. The van der Waals surface area contributed by atoms with E-state index >= 15 is 0 Å². The number of hydrogen-bond acceptors (Lipinski definition) is 3. The van der Waals surface area contributed by atoms with Gasteiger partial charge < -0.3 is 9.84 Å². The largest absolute Gasteiger partial charge is 0.478 e. The fourth-order valence-corrected chi connectivity index (χ4v) is 0.647. The van der Waals surface area contributed by atoms with E-state index < -0.39 is 11.9 Å². The van der Waals surface area contributed by atoms with Gasteiger partial charge in [-0.2, -0.15) is 0 Å². The third-order valence-corrected chi connectivity index (χ3v) is 1.39. The van der Waals surface area contributed by atoms with Crippen LogP contribution >= 0.6 is 15.9 Å². The summed E-state index contributed by atoms with van der Waals surface area (Å²) in [5.41, 5.74) is 0.000185. The van der Waals surface area contributed by atoms with Crippen molar-refractivity contribution in [3.8, 4) is 0 Å². The lowest BCUT2D eigenvalue weighted by molar-refractivity contribution is -0.141. The number of ether oxygens (including phenoxy) is 1. The second-order valence-electron chi connectivity index (χ2n) is 1.72. The second-order valence-corrected chi connectivity index (χ2v) is 2.18. The molecule has 5 heteroatoms. The molecule has 1 N–H and O–H groups in total. The Morgan fingerprint density at radius 3 is 2.45 bits per heavy atom. The van der Waals surface area contributed by atoms with E-state index in [1.54, 1.807) is 0 Å². The highest BCUT2D eigenvalue weighted by atomic mass is 79.9. The fraction of sp³-hybridized carbons (Fsp3) is 0.333. The Morgan fingerprint density at radius 1 is 1.64 bits per heavy atom. The summed E-state index contributed by atoms with van der Waals surface area (Å²) in [4.78, 5) is 21.7. The Labute approximate surface area is 72.0 Å². The maximum absolute atomic E-state index is 10.3. The first-order chi connectivity index (χ1) is 5.07. The predicted molar refractivity (Wildman–Crippen MR) is 41.3 cm³/mol. The third-order valence-electron chi connectivity index (χ3n) is 0.837. The Balaban J connectivity index is 3.92. The Bertz CT molecular complexity index is 197. The molecule has 0 rings (SSSR count). The first-order valence-corrected chi connectivity index (χ1v) is 3.65. The molecule has 0 fully saturated rings. The molecule has 0 aliphatic carbocycles. The molecule has 0 aromatic heterocycles. The van der Waals surface area contributed by atoms with Crippen LogP contribution in [0, 0.1) is 0 Å². The molecule has 0 saturated carbocycles. The van der Waals surface area contributed by atoms with E-state index in [1.807, 2.05) is 0 Å². The molecule has 0 bridgehead atoms. The summed E-state index contributed by atoms with van der Waals surface area (Å²) >= 11 is 2.83. The zero-order valence-electron chi connectivity index (χ0n) is 5.83. The molecule has 0 heterocycles. The van der Waals surface area contributed by atoms with Crippen LogP contribution in [-0.2, 0) is 14.3 Å². The average Bonchev–Trinajstić information content (AvgIpc) is 1.87. The van der Waals surface area contributed by atoms with E-state index in [-0.39, 0.29) is 12.2 Å². The molecule has 0 amide bonds. The molecule has 0 unspecified atom stereocenters. The highest BCUT2D eigenvalue weighted by Gasteiger charge is 2.07. The summed E-state index contributed by atoms with van der Waals surface area (Å²) in [6, 6.07) is 0. The van der Waals surface area contributed by atoms with Gasteiger partial charge in [-0.15, -0.1) is 0 Å². The van der Waals surface area contributed by atoms with E-state index in [0.717, 1.165) is 0 Å². The van der Waals surface area contributed by atoms with Crippen LogP contribution < -0.4 is 0 Å². The summed E-state index contributed by atoms with van der Waals surface area (Å²) in [5.74, 6) is -1.61. The average molecular weight is 223 g/mol. The number of aliphatic carboxylic acids is 1. The van der Waals surface area contributed by atoms with Crippen molar-refractivity contribution in [2.75, 3.05) is 6.61 Å². The van der Waals surface area contributed by atoms with Crippen LogP contribution in [0.25, 0.3) is 0 Å². The first kappa shape index (κ1) is 10.2. The zero-order chi connectivity index (χ0) is 8.85. The summed E-state index contributed by atoms with van der Waals surface area (Å²) in [5, 5.41) is 8.40. The number of carboxylic acids is 1. The molecule has 0 spiro atoms. The Morgan fingerprint density at radius 2 is 2.18 bits per heavy atom. The van der Waals surface area contributed by atoms with Gasteiger partial charge in [0.1, 0.15) is 6.61 Å². The SMILES string of the molecule is CC(=O)OCC(=CBr)C(=O)O. The summed E-state index contributed by atoms with van der Waals surface area (Å²) < 4.78 is 4.44. The van der Waals surface area contributed by atoms with Crippen LogP contribution in [0.15, 0.2) is 10.6 Å². The third kappa shape index (κ3) is 4.55. The number of carbonyl (C=O) groups is 2. The van der Waals surface area contributed by atoms with Crippen molar-refractivity contribution < 1.29 is 19.4 Å². The van der Waals surface area contributed by atoms with Gasteiger partial charge in [0.15, 0.2) is 0 Å². The van der Waals surface area contributed by atoms with Crippen LogP contribution in [0.2, 0.25) is 0 Å². The van der Waals surface area contributed by atoms with Crippen molar-refractivity contribution in [3.05, 3.63) is 10.6 Å². The number of halogens is 1. The van der Waals surface area contributed by atoms with Crippen molar-refractivity contribution in [2.24, 2.45) is 0 Å². The van der Waals surface area contributed by atoms with Crippen LogP contribution in [0.1, 0.15) is 6.92 Å². The van der Waals surface area contributed by atoms with Crippen LogP contribution in [-0.4, -0.2) is 23.7 Å². The topological polar surface area (TPSA) is 63.6 Å². The van der Waals surface area contributed by atoms with E-state index in [9.17, 15) is 9.59 Å². The smallest absolute Gasteiger partial charge is 0.335 e. The minimum absolute atomic E-state index is 0.000185. The van der Waals surface area contributed by atoms with E-state index in [1.165, 1.54) is 11.9 Å².